The number of anilines is 1. The Morgan fingerprint density at radius 3 is 2.86 bits per heavy atom. The molecule has 1 aromatic heterocycles. The second-order valence-corrected chi connectivity index (χ2v) is 2.80. The van der Waals surface area contributed by atoms with Crippen LogP contribution in [0.15, 0.2) is 18.5 Å². The number of nitriles is 1. The molecule has 0 bridgehead atoms. The number of pyridine rings is 1. The maximum absolute atomic E-state index is 12.2. The summed E-state index contributed by atoms with van der Waals surface area (Å²) in [4.78, 5) is 3.72. The van der Waals surface area contributed by atoms with Crippen LogP contribution in [0.5, 0.6) is 0 Å². The lowest BCUT2D eigenvalue weighted by molar-refractivity contribution is 0.130. The number of hydrogen-bond donors (Lipinski definition) is 1. The lowest BCUT2D eigenvalue weighted by Gasteiger charge is -2.14. The van der Waals surface area contributed by atoms with Crippen molar-refractivity contribution in [1.29, 1.82) is 5.26 Å². The van der Waals surface area contributed by atoms with Crippen molar-refractivity contribution < 1.29 is 8.78 Å². The van der Waals surface area contributed by atoms with Gasteiger partial charge < -0.3 is 5.32 Å². The SMILES string of the molecule is CC(Nc1ccncc1C#N)C(F)F. The van der Waals surface area contributed by atoms with E-state index in [-0.39, 0.29) is 5.56 Å². The van der Waals surface area contributed by atoms with Gasteiger partial charge in [-0.1, -0.05) is 0 Å². The van der Waals surface area contributed by atoms with Crippen molar-refractivity contribution in [3.05, 3.63) is 24.0 Å². The van der Waals surface area contributed by atoms with E-state index >= 15 is 0 Å². The van der Waals surface area contributed by atoms with Gasteiger partial charge in [0.1, 0.15) is 6.07 Å². The van der Waals surface area contributed by atoms with Gasteiger partial charge in [0.15, 0.2) is 0 Å². The van der Waals surface area contributed by atoms with E-state index in [4.69, 9.17) is 5.26 Å². The molecular weight excluding hydrogens is 188 g/mol. The van der Waals surface area contributed by atoms with E-state index in [1.54, 1.807) is 0 Å². The number of nitrogens with one attached hydrogen (secondary N) is 1. The highest BCUT2D eigenvalue weighted by Gasteiger charge is 2.15. The van der Waals surface area contributed by atoms with E-state index < -0.39 is 12.5 Å². The van der Waals surface area contributed by atoms with Crippen molar-refractivity contribution in [2.24, 2.45) is 0 Å². The second kappa shape index (κ2) is 4.51. The first-order chi connectivity index (χ1) is 6.65. The minimum Gasteiger partial charge on any atom is -0.376 e. The molecule has 14 heavy (non-hydrogen) atoms. The first-order valence-electron chi connectivity index (χ1n) is 4.04. The Hall–Kier alpha value is -1.70. The maximum Gasteiger partial charge on any atom is 0.258 e. The molecule has 3 nitrogen and oxygen atoms in total. The van der Waals surface area contributed by atoms with Crippen LogP contribution < -0.4 is 5.32 Å². The van der Waals surface area contributed by atoms with E-state index in [1.165, 1.54) is 25.4 Å². The predicted octanol–water partition coefficient (Wildman–Crippen LogP) is 2.02. The smallest absolute Gasteiger partial charge is 0.258 e. The Kier molecular flexibility index (Phi) is 3.35. The first-order valence-corrected chi connectivity index (χ1v) is 4.04. The van der Waals surface area contributed by atoms with Gasteiger partial charge in [-0.3, -0.25) is 4.98 Å². The monoisotopic (exact) mass is 197 g/mol. The van der Waals surface area contributed by atoms with Gasteiger partial charge in [0.05, 0.1) is 17.3 Å². The van der Waals surface area contributed by atoms with Crippen molar-refractivity contribution in [3.63, 3.8) is 0 Å². The second-order valence-electron chi connectivity index (χ2n) is 2.80. The summed E-state index contributed by atoms with van der Waals surface area (Å²) >= 11 is 0. The lowest BCUT2D eigenvalue weighted by atomic mass is 10.2. The van der Waals surface area contributed by atoms with E-state index in [0.717, 1.165) is 0 Å². The molecule has 1 N–H and O–H groups in total. The van der Waals surface area contributed by atoms with Gasteiger partial charge in [0.25, 0.3) is 6.43 Å². The maximum atomic E-state index is 12.2. The van der Waals surface area contributed by atoms with Crippen molar-refractivity contribution >= 4 is 5.69 Å². The van der Waals surface area contributed by atoms with Crippen LogP contribution in [-0.2, 0) is 0 Å². The van der Waals surface area contributed by atoms with E-state index in [9.17, 15) is 8.78 Å². The number of nitrogens with zero attached hydrogens (tertiary/aromatic N) is 2. The molecule has 0 saturated heterocycles. The van der Waals surface area contributed by atoms with Crippen molar-refractivity contribution in [3.8, 4) is 6.07 Å². The fourth-order valence-corrected chi connectivity index (χ4v) is 0.918. The third-order valence-corrected chi connectivity index (χ3v) is 1.70. The topological polar surface area (TPSA) is 48.7 Å². The summed E-state index contributed by atoms with van der Waals surface area (Å²) in [7, 11) is 0. The zero-order valence-corrected chi connectivity index (χ0v) is 7.54. The Labute approximate surface area is 80.4 Å². The standard InChI is InChI=1S/C9H9F2N3/c1-6(9(10)11)14-8-2-3-13-5-7(8)4-12/h2-3,5-6,9H,1H3,(H,13,14). The molecule has 1 atom stereocenters. The number of rotatable bonds is 3. The molecular formula is C9H9F2N3. The van der Waals surface area contributed by atoms with Crippen LogP contribution >= 0.6 is 0 Å². The van der Waals surface area contributed by atoms with Crippen LogP contribution in [0.2, 0.25) is 0 Å². The van der Waals surface area contributed by atoms with Gasteiger partial charge >= 0.3 is 0 Å². The van der Waals surface area contributed by atoms with Crippen LogP contribution in [0, 0.1) is 11.3 Å². The highest BCUT2D eigenvalue weighted by atomic mass is 19.3. The zero-order chi connectivity index (χ0) is 10.6. The molecule has 0 amide bonds. The zero-order valence-electron chi connectivity index (χ0n) is 7.54. The molecule has 0 aliphatic rings. The van der Waals surface area contributed by atoms with Crippen LogP contribution in [0.1, 0.15) is 12.5 Å². The number of hydrogen-bond acceptors (Lipinski definition) is 3. The summed E-state index contributed by atoms with van der Waals surface area (Å²) < 4.78 is 24.4. The minimum atomic E-state index is -2.46. The van der Waals surface area contributed by atoms with Gasteiger partial charge in [-0.05, 0) is 13.0 Å². The van der Waals surface area contributed by atoms with Crippen molar-refractivity contribution in [2.75, 3.05) is 5.32 Å². The summed E-state index contributed by atoms with van der Waals surface area (Å²) in [5, 5.41) is 11.2. The summed E-state index contributed by atoms with van der Waals surface area (Å²) in [6, 6.07) is 2.39. The summed E-state index contributed by atoms with van der Waals surface area (Å²) in [5.41, 5.74) is 0.648. The fourth-order valence-electron chi connectivity index (χ4n) is 0.918. The molecule has 1 unspecified atom stereocenters. The number of aromatic nitrogens is 1. The Bertz CT molecular complexity index is 346. The van der Waals surface area contributed by atoms with Crippen LogP contribution in [-0.4, -0.2) is 17.5 Å². The first kappa shape index (κ1) is 10.4. The lowest BCUT2D eigenvalue weighted by Crippen LogP contribution is -2.24. The highest BCUT2D eigenvalue weighted by Crippen LogP contribution is 2.15. The van der Waals surface area contributed by atoms with Crippen LogP contribution in [0.3, 0.4) is 0 Å². The summed E-state index contributed by atoms with van der Waals surface area (Å²) in [6.07, 6.45) is 0.316. The largest absolute Gasteiger partial charge is 0.376 e. The van der Waals surface area contributed by atoms with Crippen LogP contribution in [0.25, 0.3) is 0 Å². The number of alkyl halides is 2. The molecule has 1 rings (SSSR count). The number of halogens is 2. The van der Waals surface area contributed by atoms with Gasteiger partial charge in [-0.2, -0.15) is 5.26 Å². The normalized spacial score (nSPS) is 12.2. The van der Waals surface area contributed by atoms with Gasteiger partial charge in [0, 0.05) is 12.4 Å². The molecule has 0 aromatic carbocycles. The molecule has 74 valence electrons. The molecule has 0 aliphatic carbocycles. The van der Waals surface area contributed by atoms with E-state index in [1.807, 2.05) is 6.07 Å². The van der Waals surface area contributed by atoms with E-state index in [0.29, 0.717) is 5.69 Å². The van der Waals surface area contributed by atoms with Crippen molar-refractivity contribution in [2.45, 2.75) is 19.4 Å². The third-order valence-electron chi connectivity index (χ3n) is 1.70. The Balaban J connectivity index is 2.82. The summed E-state index contributed by atoms with van der Waals surface area (Å²) in [5.74, 6) is 0. The highest BCUT2D eigenvalue weighted by molar-refractivity contribution is 5.56. The summed E-state index contributed by atoms with van der Waals surface area (Å²) in [6.45, 7) is 1.35. The Morgan fingerprint density at radius 1 is 1.57 bits per heavy atom. The predicted molar refractivity (Wildman–Crippen MR) is 48.0 cm³/mol. The van der Waals surface area contributed by atoms with E-state index in [2.05, 4.69) is 10.3 Å². The van der Waals surface area contributed by atoms with Gasteiger partial charge in [0.2, 0.25) is 0 Å². The minimum absolute atomic E-state index is 0.264. The fraction of sp³-hybridized carbons (Fsp3) is 0.333. The van der Waals surface area contributed by atoms with Crippen molar-refractivity contribution in [1.82, 2.24) is 4.98 Å². The quantitative estimate of drug-likeness (QED) is 0.806. The average Bonchev–Trinajstić information content (AvgIpc) is 2.18. The molecule has 0 aliphatic heterocycles. The molecule has 1 heterocycles. The Morgan fingerprint density at radius 2 is 2.29 bits per heavy atom. The molecule has 5 heteroatoms. The molecule has 0 spiro atoms. The molecule has 0 fully saturated rings. The third kappa shape index (κ3) is 2.39. The molecule has 0 saturated carbocycles. The average molecular weight is 197 g/mol. The van der Waals surface area contributed by atoms with Gasteiger partial charge in [-0.15, -0.1) is 0 Å². The van der Waals surface area contributed by atoms with Gasteiger partial charge in [-0.25, -0.2) is 8.78 Å². The molecule has 0 radical (unpaired) electrons. The van der Waals surface area contributed by atoms with Crippen LogP contribution in [0.4, 0.5) is 14.5 Å². The molecule has 1 aromatic rings.